The van der Waals surface area contributed by atoms with Gasteiger partial charge in [0, 0.05) is 60.4 Å². The van der Waals surface area contributed by atoms with Crippen LogP contribution in [0.15, 0.2) is 82.3 Å². The summed E-state index contributed by atoms with van der Waals surface area (Å²) in [5.74, 6) is -0.138. The van der Waals surface area contributed by atoms with Gasteiger partial charge in [-0.25, -0.2) is 8.42 Å². The van der Waals surface area contributed by atoms with E-state index in [0.29, 0.717) is 25.9 Å². The largest absolute Gasteiger partial charge is 0.744 e. The lowest BCUT2D eigenvalue weighted by atomic mass is 9.81. The number of fused-ring (bicyclic) bond motifs is 2. The molecule has 0 bridgehead atoms. The summed E-state index contributed by atoms with van der Waals surface area (Å²) in [7, 11) is -9.07. The van der Waals surface area contributed by atoms with E-state index in [1.807, 2.05) is 65.0 Å². The molecule has 6 N–H and O–H groups in total. The standard InChI is InChI=1S/C43H59N3O14S2/c1-6-45-32-18-16-28(61(52,53)54)25-30(32)42(2,3)35(45)13-9-7-10-14-36-43(4,5)31-26-29(62(55,56)57)17-19-33(31)46(36)21-12-8-11-15-37(48)44-20-22-58-23-24-59-41-40(51)39(50)38(49)34(27-47)60-41/h7,9-10,13-14,16-19,25-26,34,38-41,47,49-51H,6,8,11-12,15,20-24,27H2,1-5H3,(H2-,44,48,52,53,54,55,56,57)/t34-,38+,39-,40-,41?/m1/s1. The summed E-state index contributed by atoms with van der Waals surface area (Å²) >= 11 is 0. The second-order valence-corrected chi connectivity index (χ2v) is 19.3. The second-order valence-electron chi connectivity index (χ2n) is 16.5. The topological polar surface area (TPSA) is 256 Å². The van der Waals surface area contributed by atoms with Gasteiger partial charge in [-0.2, -0.15) is 13.0 Å². The Hall–Kier alpha value is -3.86. The van der Waals surface area contributed by atoms with Crippen molar-refractivity contribution in [3.63, 3.8) is 0 Å². The van der Waals surface area contributed by atoms with Gasteiger partial charge in [-0.1, -0.05) is 32.1 Å². The maximum absolute atomic E-state index is 12.5. The second kappa shape index (κ2) is 20.3. The molecule has 342 valence electrons. The fourth-order valence-corrected chi connectivity index (χ4v) is 9.18. The minimum atomic E-state index is -4.62. The highest BCUT2D eigenvalue weighted by atomic mass is 32.2. The molecule has 5 rings (SSSR count). The number of carbonyl (C=O) groups excluding carboxylic acids is 1. The number of nitrogens with zero attached hydrogens (tertiary/aromatic N) is 2. The minimum Gasteiger partial charge on any atom is -0.744 e. The van der Waals surface area contributed by atoms with Crippen LogP contribution in [0.1, 0.15) is 71.4 Å². The first-order valence-electron chi connectivity index (χ1n) is 20.6. The van der Waals surface area contributed by atoms with Crippen molar-refractivity contribution >= 4 is 43.2 Å². The Bertz CT molecular complexity index is 2290. The lowest BCUT2D eigenvalue weighted by Crippen LogP contribution is -2.59. The summed E-state index contributed by atoms with van der Waals surface area (Å²) in [5, 5.41) is 41.9. The fourth-order valence-electron chi connectivity index (χ4n) is 8.18. The molecule has 1 amide bonds. The quantitative estimate of drug-likeness (QED) is 0.0483. The Morgan fingerprint density at radius 2 is 1.61 bits per heavy atom. The minimum absolute atomic E-state index is 0.00219. The van der Waals surface area contributed by atoms with Crippen LogP contribution in [0, 0.1) is 0 Å². The van der Waals surface area contributed by atoms with Crippen molar-refractivity contribution < 1.29 is 69.9 Å². The van der Waals surface area contributed by atoms with Gasteiger partial charge < -0.3 is 49.4 Å². The highest BCUT2D eigenvalue weighted by Gasteiger charge is 2.46. The van der Waals surface area contributed by atoms with Crippen LogP contribution in [0.5, 0.6) is 0 Å². The van der Waals surface area contributed by atoms with Gasteiger partial charge in [-0.15, -0.1) is 0 Å². The monoisotopic (exact) mass is 905 g/mol. The number of ether oxygens (including phenoxy) is 3. The molecule has 3 aliphatic heterocycles. The molecule has 1 unspecified atom stereocenters. The molecule has 0 aliphatic carbocycles. The predicted molar refractivity (Wildman–Crippen MR) is 228 cm³/mol. The molecule has 17 nitrogen and oxygen atoms in total. The molecule has 1 fully saturated rings. The number of anilines is 1. The fraction of sp³-hybridized carbons (Fsp3) is 0.535. The third-order valence-corrected chi connectivity index (χ3v) is 13.3. The Kier molecular flexibility index (Phi) is 16.1. The lowest BCUT2D eigenvalue weighted by molar-refractivity contribution is -0.438. The maximum atomic E-state index is 12.5. The van der Waals surface area contributed by atoms with Crippen molar-refractivity contribution in [3.05, 3.63) is 83.6 Å². The van der Waals surface area contributed by atoms with E-state index in [1.54, 1.807) is 12.1 Å². The maximum Gasteiger partial charge on any atom is 0.294 e. The van der Waals surface area contributed by atoms with Crippen LogP contribution in [0.25, 0.3) is 0 Å². The van der Waals surface area contributed by atoms with Gasteiger partial charge in [0.1, 0.15) is 41.1 Å². The third kappa shape index (κ3) is 11.1. The van der Waals surface area contributed by atoms with Crippen molar-refractivity contribution in [2.24, 2.45) is 0 Å². The highest BCUT2D eigenvalue weighted by Crippen LogP contribution is 2.48. The van der Waals surface area contributed by atoms with Crippen LogP contribution in [0.2, 0.25) is 0 Å². The number of hydrogen-bond acceptors (Lipinski definition) is 14. The number of nitrogens with one attached hydrogen (secondary N) is 1. The van der Waals surface area contributed by atoms with Crippen molar-refractivity contribution in [2.75, 3.05) is 51.0 Å². The van der Waals surface area contributed by atoms with E-state index in [-0.39, 0.29) is 42.1 Å². The molecule has 5 atom stereocenters. The van der Waals surface area contributed by atoms with Crippen LogP contribution >= 0.6 is 0 Å². The molecule has 19 heteroatoms. The van der Waals surface area contributed by atoms with E-state index in [9.17, 15) is 51.2 Å². The molecular weight excluding hydrogens is 847 g/mol. The number of carbonyl (C=O) groups is 1. The van der Waals surface area contributed by atoms with Gasteiger partial charge in [0.25, 0.3) is 10.1 Å². The van der Waals surface area contributed by atoms with Crippen molar-refractivity contribution in [1.29, 1.82) is 0 Å². The predicted octanol–water partition coefficient (Wildman–Crippen LogP) is 2.54. The SMILES string of the molecule is CCN1\C(=C/C=C/C=C/C2=[N+](CCCCCC(=O)NCCOCCOC3O[C@H](CO)[C@H](O)[C@@H](O)[C@H]3O)c3ccc(S(=O)(=O)O)cc3C2(C)C)C(C)(C)c2cc(S(=O)(=O)[O-])ccc21. The number of unbranched alkanes of at least 4 members (excludes halogenated alkanes) is 2. The zero-order chi connectivity index (χ0) is 45.6. The first kappa shape index (κ1) is 49.2. The first-order chi connectivity index (χ1) is 29.1. The van der Waals surface area contributed by atoms with Crippen molar-refractivity contribution in [3.8, 4) is 0 Å². The molecule has 3 aliphatic rings. The smallest absolute Gasteiger partial charge is 0.294 e. The summed E-state index contributed by atoms with van der Waals surface area (Å²) in [6, 6.07) is 9.04. The van der Waals surface area contributed by atoms with Gasteiger partial charge in [-0.3, -0.25) is 9.35 Å². The summed E-state index contributed by atoms with van der Waals surface area (Å²) in [6.07, 6.45) is 5.14. The number of aliphatic hydroxyl groups is 4. The molecule has 62 heavy (non-hydrogen) atoms. The molecule has 3 heterocycles. The average Bonchev–Trinajstić information content (AvgIpc) is 3.56. The Labute approximate surface area is 363 Å². The number of benzene rings is 2. The van der Waals surface area contributed by atoms with Crippen molar-refractivity contribution in [2.45, 2.75) is 112 Å². The average molecular weight is 906 g/mol. The van der Waals surface area contributed by atoms with E-state index in [4.69, 9.17) is 14.2 Å². The normalized spacial score (nSPS) is 24.1. The highest BCUT2D eigenvalue weighted by molar-refractivity contribution is 7.86. The summed E-state index contributed by atoms with van der Waals surface area (Å²) in [4.78, 5) is 14.1. The van der Waals surface area contributed by atoms with E-state index in [1.165, 1.54) is 24.3 Å². The van der Waals surface area contributed by atoms with Crippen LogP contribution in [0.3, 0.4) is 0 Å². The zero-order valence-corrected chi connectivity index (χ0v) is 37.3. The van der Waals surface area contributed by atoms with Crippen LogP contribution in [-0.4, -0.2) is 139 Å². The number of hydrogen-bond donors (Lipinski definition) is 6. The van der Waals surface area contributed by atoms with E-state index >= 15 is 0 Å². The van der Waals surface area contributed by atoms with Gasteiger partial charge >= 0.3 is 0 Å². The van der Waals surface area contributed by atoms with Gasteiger partial charge in [0.05, 0.1) is 41.6 Å². The molecule has 2 aromatic rings. The molecule has 1 saturated heterocycles. The molecular formula is C43H59N3O14S2. The molecule has 0 spiro atoms. The number of rotatable bonds is 20. The van der Waals surface area contributed by atoms with E-state index < -0.39 is 68.4 Å². The molecule has 2 aromatic carbocycles. The number of amides is 1. The van der Waals surface area contributed by atoms with E-state index in [2.05, 4.69) is 14.8 Å². The molecule has 0 radical (unpaired) electrons. The Morgan fingerprint density at radius 1 is 0.903 bits per heavy atom. The van der Waals surface area contributed by atoms with Crippen LogP contribution in [0.4, 0.5) is 11.4 Å². The zero-order valence-electron chi connectivity index (χ0n) is 35.6. The Morgan fingerprint density at radius 3 is 2.29 bits per heavy atom. The molecule has 0 aromatic heterocycles. The van der Waals surface area contributed by atoms with E-state index in [0.717, 1.165) is 46.8 Å². The number of allylic oxidation sites excluding steroid dienone is 6. The lowest BCUT2D eigenvalue weighted by Gasteiger charge is -2.39. The van der Waals surface area contributed by atoms with Crippen molar-refractivity contribution in [1.82, 2.24) is 5.32 Å². The number of likely N-dealkylation sites (N-methyl/N-ethyl adjacent to an activating group) is 1. The number of aliphatic hydroxyl groups excluding tert-OH is 4. The Balaban J connectivity index is 1.16. The van der Waals surface area contributed by atoms with Crippen LogP contribution in [-0.2, 0) is 50.1 Å². The third-order valence-electron chi connectivity index (χ3n) is 11.6. The van der Waals surface area contributed by atoms with Gasteiger partial charge in [0.15, 0.2) is 12.0 Å². The summed E-state index contributed by atoms with van der Waals surface area (Å²) in [6.45, 7) is 11.1. The van der Waals surface area contributed by atoms with Gasteiger partial charge in [-0.05, 0) is 75.6 Å². The summed E-state index contributed by atoms with van der Waals surface area (Å²) in [5.41, 5.74) is 3.75. The van der Waals surface area contributed by atoms with Crippen LogP contribution < -0.4 is 10.2 Å². The molecule has 0 saturated carbocycles. The van der Waals surface area contributed by atoms with Gasteiger partial charge in [0.2, 0.25) is 11.6 Å². The summed E-state index contributed by atoms with van der Waals surface area (Å²) < 4.78 is 87.6. The first-order valence-corrected chi connectivity index (χ1v) is 23.5.